The zero-order chi connectivity index (χ0) is 20.6. The normalized spacial score (nSPS) is 12.2. The molecule has 9 heteroatoms. The molecule has 2 aromatic rings. The van der Waals surface area contributed by atoms with E-state index >= 15 is 0 Å². The van der Waals surface area contributed by atoms with Gasteiger partial charge in [0, 0.05) is 6.54 Å². The van der Waals surface area contributed by atoms with Crippen LogP contribution >= 0.6 is 0 Å². The third kappa shape index (κ3) is 6.67. The molecule has 0 aliphatic heterocycles. The predicted octanol–water partition coefficient (Wildman–Crippen LogP) is 1.18. The van der Waals surface area contributed by atoms with Gasteiger partial charge in [0.25, 0.3) is 5.91 Å². The zero-order valence-electron chi connectivity index (χ0n) is 15.3. The molecule has 1 amide bonds. The lowest BCUT2D eigenvalue weighted by molar-refractivity contribution is -0.141. The molecular formula is C19H22N2O6S. The predicted molar refractivity (Wildman–Crippen MR) is 103 cm³/mol. The smallest absolute Gasteiger partial charge is 0.325 e. The lowest BCUT2D eigenvalue weighted by Gasteiger charge is -2.11. The van der Waals surface area contributed by atoms with Gasteiger partial charge in [0.2, 0.25) is 10.0 Å². The topological polar surface area (TPSA) is 122 Å². The van der Waals surface area contributed by atoms with Gasteiger partial charge in [-0.05, 0) is 43.2 Å². The van der Waals surface area contributed by atoms with Gasteiger partial charge >= 0.3 is 5.97 Å². The third-order valence-corrected chi connectivity index (χ3v) is 5.28. The summed E-state index contributed by atoms with van der Waals surface area (Å²) in [5.74, 6) is -1.21. The Morgan fingerprint density at radius 1 is 1.07 bits per heavy atom. The molecule has 0 aromatic heterocycles. The van der Waals surface area contributed by atoms with Crippen molar-refractivity contribution in [2.75, 3.05) is 13.2 Å². The molecule has 0 aliphatic carbocycles. The molecule has 0 radical (unpaired) electrons. The fourth-order valence-corrected chi connectivity index (χ4v) is 3.31. The average molecular weight is 406 g/mol. The highest BCUT2D eigenvalue weighted by Crippen LogP contribution is 2.13. The first-order valence-corrected chi connectivity index (χ1v) is 10.0. The Kier molecular flexibility index (Phi) is 7.53. The maximum absolute atomic E-state index is 12.1. The largest absolute Gasteiger partial charge is 0.484 e. The third-order valence-electron chi connectivity index (χ3n) is 3.80. The van der Waals surface area contributed by atoms with E-state index < -0.39 is 27.9 Å². The molecule has 2 rings (SSSR count). The Morgan fingerprint density at radius 2 is 1.71 bits per heavy atom. The van der Waals surface area contributed by atoms with Gasteiger partial charge in [0.15, 0.2) is 6.61 Å². The quantitative estimate of drug-likeness (QED) is 0.545. The number of nitrogens with one attached hydrogen (secondary N) is 2. The van der Waals surface area contributed by atoms with Gasteiger partial charge < -0.3 is 15.2 Å². The van der Waals surface area contributed by atoms with E-state index in [2.05, 4.69) is 10.0 Å². The first-order valence-electron chi connectivity index (χ1n) is 8.56. The van der Waals surface area contributed by atoms with E-state index in [1.54, 1.807) is 42.5 Å². The van der Waals surface area contributed by atoms with E-state index in [4.69, 9.17) is 9.84 Å². The summed E-state index contributed by atoms with van der Waals surface area (Å²) >= 11 is 0. The van der Waals surface area contributed by atoms with Crippen molar-refractivity contribution < 1.29 is 27.9 Å². The van der Waals surface area contributed by atoms with Crippen LogP contribution in [0.5, 0.6) is 5.75 Å². The van der Waals surface area contributed by atoms with Crippen LogP contribution in [-0.2, 0) is 26.0 Å². The van der Waals surface area contributed by atoms with E-state index in [0.717, 1.165) is 5.56 Å². The number of carbonyl (C=O) groups is 2. The maximum Gasteiger partial charge on any atom is 0.325 e. The van der Waals surface area contributed by atoms with Gasteiger partial charge in [-0.15, -0.1) is 0 Å². The number of sulfonamides is 1. The molecular weight excluding hydrogens is 384 g/mol. The summed E-state index contributed by atoms with van der Waals surface area (Å²) in [6, 6.07) is 14.0. The highest BCUT2D eigenvalue weighted by molar-refractivity contribution is 7.89. The van der Waals surface area contributed by atoms with E-state index in [9.17, 15) is 18.0 Å². The number of aliphatic carboxylic acids is 1. The molecule has 2 aromatic carbocycles. The van der Waals surface area contributed by atoms with Gasteiger partial charge in [-0.1, -0.05) is 30.3 Å². The Morgan fingerprint density at radius 3 is 2.32 bits per heavy atom. The molecule has 0 fully saturated rings. The lowest BCUT2D eigenvalue weighted by Crippen LogP contribution is -2.40. The van der Waals surface area contributed by atoms with Crippen LogP contribution in [0.4, 0.5) is 0 Å². The van der Waals surface area contributed by atoms with Crippen LogP contribution in [0.3, 0.4) is 0 Å². The van der Waals surface area contributed by atoms with E-state index in [-0.39, 0.29) is 18.0 Å². The monoisotopic (exact) mass is 406 g/mol. The van der Waals surface area contributed by atoms with Crippen LogP contribution in [0, 0.1) is 0 Å². The van der Waals surface area contributed by atoms with Gasteiger partial charge in [0.05, 0.1) is 4.90 Å². The highest BCUT2D eigenvalue weighted by Gasteiger charge is 2.14. The van der Waals surface area contributed by atoms with Crippen LogP contribution in [0.25, 0.3) is 0 Å². The van der Waals surface area contributed by atoms with Crippen molar-refractivity contribution in [2.45, 2.75) is 24.3 Å². The summed E-state index contributed by atoms with van der Waals surface area (Å²) in [4.78, 5) is 22.5. The molecule has 3 N–H and O–H groups in total. The second-order valence-electron chi connectivity index (χ2n) is 6.02. The van der Waals surface area contributed by atoms with Crippen LogP contribution < -0.4 is 14.8 Å². The molecule has 0 heterocycles. The van der Waals surface area contributed by atoms with Gasteiger partial charge in [-0.2, -0.15) is 0 Å². The highest BCUT2D eigenvalue weighted by atomic mass is 32.2. The molecule has 0 spiro atoms. The van der Waals surface area contributed by atoms with Gasteiger partial charge in [-0.3, -0.25) is 9.59 Å². The number of rotatable bonds is 10. The van der Waals surface area contributed by atoms with Crippen molar-refractivity contribution in [1.82, 2.24) is 10.0 Å². The lowest BCUT2D eigenvalue weighted by atomic mass is 10.1. The summed E-state index contributed by atoms with van der Waals surface area (Å²) < 4.78 is 32.1. The Labute approximate surface area is 163 Å². The van der Waals surface area contributed by atoms with Crippen LogP contribution in [0.2, 0.25) is 0 Å². The minimum absolute atomic E-state index is 0.217. The first-order chi connectivity index (χ1) is 13.3. The van der Waals surface area contributed by atoms with Gasteiger partial charge in [-0.25, -0.2) is 13.1 Å². The minimum atomic E-state index is -3.53. The molecule has 28 heavy (non-hydrogen) atoms. The molecule has 0 saturated carbocycles. The molecule has 1 atom stereocenters. The maximum atomic E-state index is 12.1. The molecule has 0 bridgehead atoms. The van der Waals surface area contributed by atoms with Crippen molar-refractivity contribution in [3.05, 3.63) is 60.2 Å². The number of benzene rings is 2. The minimum Gasteiger partial charge on any atom is -0.484 e. The second-order valence-corrected chi connectivity index (χ2v) is 7.79. The fourth-order valence-electron chi connectivity index (χ4n) is 2.26. The number of ether oxygens (including phenoxy) is 1. The van der Waals surface area contributed by atoms with E-state index in [1.807, 2.05) is 0 Å². The summed E-state index contributed by atoms with van der Waals surface area (Å²) in [6.45, 7) is 1.31. The summed E-state index contributed by atoms with van der Waals surface area (Å²) in [6.07, 6.45) is 0.489. The van der Waals surface area contributed by atoms with Crippen LogP contribution in [-0.4, -0.2) is 44.6 Å². The van der Waals surface area contributed by atoms with E-state index in [0.29, 0.717) is 12.2 Å². The number of carbonyl (C=O) groups excluding carboxylic acids is 1. The molecule has 150 valence electrons. The van der Waals surface area contributed by atoms with Crippen molar-refractivity contribution in [1.29, 1.82) is 0 Å². The standard InChI is InChI=1S/C19H22N2O6S/c1-14(19(23)24)21-18(22)13-27-16-9-7-15(8-10-16)11-12-20-28(25,26)17-5-3-2-4-6-17/h2-10,14,20H,11-13H2,1H3,(H,21,22)(H,23,24)/t14-/m0/s1. The fraction of sp³-hybridized carbons (Fsp3) is 0.263. The number of carboxylic acid groups (broad SMARTS) is 1. The summed E-state index contributed by atoms with van der Waals surface area (Å²) in [5.41, 5.74) is 0.895. The number of carboxylic acids is 1. The van der Waals surface area contributed by atoms with Crippen molar-refractivity contribution >= 4 is 21.9 Å². The van der Waals surface area contributed by atoms with Crippen molar-refractivity contribution in [3.8, 4) is 5.75 Å². The zero-order valence-corrected chi connectivity index (χ0v) is 16.1. The second kappa shape index (κ2) is 9.86. The number of amides is 1. The van der Waals surface area contributed by atoms with Crippen LogP contribution in [0.15, 0.2) is 59.5 Å². The molecule has 0 saturated heterocycles. The molecule has 0 aliphatic rings. The summed E-state index contributed by atoms with van der Waals surface area (Å²) in [5, 5.41) is 11.0. The van der Waals surface area contributed by atoms with Crippen molar-refractivity contribution in [3.63, 3.8) is 0 Å². The van der Waals surface area contributed by atoms with Gasteiger partial charge in [0.1, 0.15) is 11.8 Å². The SMILES string of the molecule is C[C@H](NC(=O)COc1ccc(CCNS(=O)(=O)c2ccccc2)cc1)C(=O)O. The number of hydrogen-bond acceptors (Lipinski definition) is 5. The Balaban J connectivity index is 1.78. The Hall–Kier alpha value is -2.91. The van der Waals surface area contributed by atoms with Crippen LogP contribution in [0.1, 0.15) is 12.5 Å². The molecule has 8 nitrogen and oxygen atoms in total. The van der Waals surface area contributed by atoms with E-state index in [1.165, 1.54) is 19.1 Å². The summed E-state index contributed by atoms with van der Waals surface area (Å²) in [7, 11) is -3.53. The molecule has 0 unspecified atom stereocenters. The average Bonchev–Trinajstić information content (AvgIpc) is 2.68. The van der Waals surface area contributed by atoms with Crippen molar-refractivity contribution in [2.24, 2.45) is 0 Å². The Bertz CT molecular complexity index is 898. The first kappa shape index (κ1) is 21.4. The number of hydrogen-bond donors (Lipinski definition) is 3.